The van der Waals surface area contributed by atoms with E-state index < -0.39 is 90.8 Å². The largest absolute Gasteiger partial charge is 0.458 e. The summed E-state index contributed by atoms with van der Waals surface area (Å²) in [5.41, 5.74) is 2.36. The van der Waals surface area contributed by atoms with Crippen molar-refractivity contribution in [3.8, 4) is 0 Å². The number of rotatable bonds is 13. The van der Waals surface area contributed by atoms with Crippen LogP contribution in [0.4, 0.5) is 0 Å². The first kappa shape index (κ1) is 39.0. The van der Waals surface area contributed by atoms with Gasteiger partial charge in [0.25, 0.3) is 0 Å². The lowest BCUT2D eigenvalue weighted by atomic mass is 9.62. The molecule has 7 N–H and O–H groups in total. The van der Waals surface area contributed by atoms with E-state index in [0.29, 0.717) is 12.8 Å². The number of fused-ring (bicyclic) bond motifs is 5. The molecule has 8 rings (SSSR count). The highest BCUT2D eigenvalue weighted by atomic mass is 16.8. The lowest BCUT2D eigenvalue weighted by molar-refractivity contribution is -0.298. The van der Waals surface area contributed by atoms with Crippen molar-refractivity contribution < 1.29 is 68.4 Å². The first-order chi connectivity index (χ1) is 27.1. The first-order valence-corrected chi connectivity index (χ1v) is 19.0. The summed E-state index contributed by atoms with van der Waals surface area (Å²) in [5, 5.41) is 55.6. The van der Waals surface area contributed by atoms with Crippen LogP contribution in [0.3, 0.4) is 0 Å². The second-order valence-electron chi connectivity index (χ2n) is 15.2. The number of ether oxygens (including phenoxy) is 5. The smallest absolute Gasteiger partial charge is 0.327 e. The number of carbonyl (C=O) groups excluding carboxylic acids is 3. The van der Waals surface area contributed by atoms with Crippen LogP contribution in [0.5, 0.6) is 0 Å². The van der Waals surface area contributed by atoms with Crippen molar-refractivity contribution in [2.45, 2.75) is 99.2 Å². The molecule has 4 heterocycles. The Morgan fingerprint density at radius 2 is 1.66 bits per heavy atom. The molecule has 11 atom stereocenters. The first-order valence-electron chi connectivity index (χ1n) is 19.0. The minimum absolute atomic E-state index is 0.00294. The van der Waals surface area contributed by atoms with Crippen LogP contribution in [0.25, 0.3) is 6.08 Å². The quantitative estimate of drug-likeness (QED) is 0.111. The number of hydrogen-bond acceptors (Lipinski definition) is 15. The van der Waals surface area contributed by atoms with Gasteiger partial charge in [-0.3, -0.25) is 19.2 Å². The van der Waals surface area contributed by atoms with Gasteiger partial charge in [-0.2, -0.15) is 5.06 Å². The van der Waals surface area contributed by atoms with Gasteiger partial charge in [0.15, 0.2) is 18.1 Å². The maximum atomic E-state index is 14.4. The van der Waals surface area contributed by atoms with Gasteiger partial charge in [0, 0.05) is 38.8 Å². The molecule has 56 heavy (non-hydrogen) atoms. The molecular formula is C39H47N3O14. The van der Waals surface area contributed by atoms with E-state index in [1.807, 2.05) is 48.5 Å². The molecule has 0 radical (unpaired) electrons. The summed E-state index contributed by atoms with van der Waals surface area (Å²) in [6.45, 7) is -0.541. The van der Waals surface area contributed by atoms with E-state index in [4.69, 9.17) is 33.6 Å². The lowest BCUT2D eigenvalue weighted by Gasteiger charge is -2.48. The van der Waals surface area contributed by atoms with Crippen LogP contribution in [0, 0.1) is 5.41 Å². The summed E-state index contributed by atoms with van der Waals surface area (Å²) in [4.78, 5) is 47.2. The molecule has 0 aromatic heterocycles. The molecule has 2 bridgehead atoms. The number of carbonyl (C=O) groups is 3. The normalized spacial score (nSPS) is 35.3. The molecule has 1 spiro atoms. The van der Waals surface area contributed by atoms with Crippen molar-refractivity contribution in [3.05, 3.63) is 76.9 Å². The third-order valence-electron chi connectivity index (χ3n) is 11.6. The summed E-state index contributed by atoms with van der Waals surface area (Å²) in [7, 11) is 0. The van der Waals surface area contributed by atoms with E-state index >= 15 is 0 Å². The topological polar surface area (TPSA) is 235 Å². The number of benzene rings is 2. The summed E-state index contributed by atoms with van der Waals surface area (Å²) in [6, 6.07) is 14.3. The van der Waals surface area contributed by atoms with Crippen molar-refractivity contribution in [2.75, 3.05) is 32.9 Å². The maximum Gasteiger partial charge on any atom is 0.327 e. The zero-order valence-electron chi connectivity index (χ0n) is 30.5. The fourth-order valence-corrected chi connectivity index (χ4v) is 8.95. The highest BCUT2D eigenvalue weighted by Crippen LogP contribution is 2.58. The minimum Gasteiger partial charge on any atom is -0.458 e. The van der Waals surface area contributed by atoms with Crippen LogP contribution < -0.4 is 10.6 Å². The molecule has 2 aliphatic carbocycles. The molecule has 302 valence electrons. The van der Waals surface area contributed by atoms with Crippen LogP contribution in [0.1, 0.15) is 35.1 Å². The van der Waals surface area contributed by atoms with Crippen molar-refractivity contribution in [1.82, 2.24) is 15.7 Å². The van der Waals surface area contributed by atoms with Gasteiger partial charge >= 0.3 is 5.97 Å². The van der Waals surface area contributed by atoms with Crippen LogP contribution in [-0.2, 0) is 62.3 Å². The van der Waals surface area contributed by atoms with Gasteiger partial charge in [-0.25, -0.2) is 0 Å². The standard InChI is InChI=1S/C39H47N3O14/c43-14-13-40-27(45)11-12-41-37(50)39-18-25-31-32(55-38(54-31)16-23-5-1-2-6-24(23)17-38)34(39)56-42(33(39)35(49)52-25)19-22-9-7-21(8-10-22)4-3-15-51-36-30(48)29(47)28(46)26(20-44)53-36/h1-10,25-26,28-34,36,43-44,46-48H,11-20H2,(H,40,45)(H,41,50). The molecule has 11 unspecified atom stereocenters. The highest BCUT2D eigenvalue weighted by Gasteiger charge is 2.76. The number of aliphatic hydroxyl groups is 5. The molecule has 6 aliphatic rings. The Kier molecular flexibility index (Phi) is 11.0. The van der Waals surface area contributed by atoms with Gasteiger partial charge in [0.1, 0.15) is 54.2 Å². The summed E-state index contributed by atoms with van der Waals surface area (Å²) < 4.78 is 30.4. The Balaban J connectivity index is 0.977. The Bertz CT molecular complexity index is 1780. The molecule has 17 nitrogen and oxygen atoms in total. The van der Waals surface area contributed by atoms with Crippen LogP contribution >= 0.6 is 0 Å². The summed E-state index contributed by atoms with van der Waals surface area (Å²) in [5.74, 6) is -2.40. The predicted octanol–water partition coefficient (Wildman–Crippen LogP) is -1.79. The van der Waals surface area contributed by atoms with Crippen molar-refractivity contribution in [2.24, 2.45) is 5.41 Å². The van der Waals surface area contributed by atoms with Gasteiger partial charge in [-0.05, 0) is 22.3 Å². The summed E-state index contributed by atoms with van der Waals surface area (Å²) >= 11 is 0. The number of hydroxylamine groups is 2. The van der Waals surface area contributed by atoms with E-state index in [-0.39, 0.29) is 51.6 Å². The summed E-state index contributed by atoms with van der Waals surface area (Å²) in [6.07, 6.45) is -5.35. The Labute approximate surface area is 322 Å². The van der Waals surface area contributed by atoms with Crippen molar-refractivity contribution in [1.29, 1.82) is 0 Å². The van der Waals surface area contributed by atoms with Crippen LogP contribution in [-0.4, -0.2) is 148 Å². The number of nitrogens with one attached hydrogen (secondary N) is 2. The number of esters is 1. The second kappa shape index (κ2) is 15.8. The van der Waals surface area contributed by atoms with Crippen molar-refractivity contribution in [3.63, 3.8) is 0 Å². The average Bonchev–Trinajstić information content (AvgIpc) is 3.87. The van der Waals surface area contributed by atoms with E-state index in [1.54, 1.807) is 12.2 Å². The second-order valence-corrected chi connectivity index (χ2v) is 15.2. The molecule has 4 saturated heterocycles. The molecule has 2 amide bonds. The monoisotopic (exact) mass is 781 g/mol. The highest BCUT2D eigenvalue weighted by molar-refractivity contribution is 5.94. The van der Waals surface area contributed by atoms with Gasteiger partial charge in [-0.15, -0.1) is 0 Å². The number of aliphatic hydroxyl groups excluding tert-OH is 5. The zero-order chi connectivity index (χ0) is 39.2. The molecule has 5 fully saturated rings. The number of amides is 2. The van der Waals surface area contributed by atoms with E-state index in [9.17, 15) is 34.8 Å². The molecule has 2 aromatic carbocycles. The zero-order valence-corrected chi connectivity index (χ0v) is 30.5. The Morgan fingerprint density at radius 1 is 0.929 bits per heavy atom. The van der Waals surface area contributed by atoms with E-state index in [0.717, 1.165) is 22.3 Å². The third kappa shape index (κ3) is 7.04. The average molecular weight is 782 g/mol. The molecule has 1 saturated carbocycles. The van der Waals surface area contributed by atoms with Gasteiger partial charge in [-0.1, -0.05) is 60.7 Å². The SMILES string of the molecule is O=C(CCNC(=O)C12CC3OC(=O)C1N(Cc1ccc(C=CCOC4OC(CO)C(O)C(O)C4O)cc1)OC2C1OC2(Cc4ccccc4C2)OC31)NCCO. The van der Waals surface area contributed by atoms with Crippen molar-refractivity contribution >= 4 is 23.9 Å². The molecule has 2 aromatic rings. The van der Waals surface area contributed by atoms with E-state index in [1.165, 1.54) is 5.06 Å². The predicted molar refractivity (Wildman–Crippen MR) is 190 cm³/mol. The molecule has 17 heteroatoms. The fourth-order valence-electron chi connectivity index (χ4n) is 8.95. The number of nitrogens with zero attached hydrogens (tertiary/aromatic N) is 1. The van der Waals surface area contributed by atoms with Gasteiger partial charge in [0.2, 0.25) is 11.8 Å². The third-order valence-corrected chi connectivity index (χ3v) is 11.6. The van der Waals surface area contributed by atoms with Gasteiger partial charge in [0.05, 0.1) is 26.4 Å². The molecule has 4 aliphatic heterocycles. The van der Waals surface area contributed by atoms with E-state index in [2.05, 4.69) is 10.6 Å². The minimum atomic E-state index is -1.54. The maximum absolute atomic E-state index is 14.4. The molecular weight excluding hydrogens is 734 g/mol. The Morgan fingerprint density at radius 3 is 2.38 bits per heavy atom. The van der Waals surface area contributed by atoms with Gasteiger partial charge < -0.3 is 59.9 Å². The number of hydrogen-bond donors (Lipinski definition) is 7. The lowest BCUT2D eigenvalue weighted by Crippen LogP contribution is -2.69. The Hall–Kier alpha value is -3.85. The van der Waals surface area contributed by atoms with Crippen LogP contribution in [0.2, 0.25) is 0 Å². The van der Waals surface area contributed by atoms with Crippen LogP contribution in [0.15, 0.2) is 54.6 Å². The fraction of sp³-hybridized carbons (Fsp3) is 0.564.